The van der Waals surface area contributed by atoms with E-state index in [0.717, 1.165) is 13.0 Å². The summed E-state index contributed by atoms with van der Waals surface area (Å²) in [6.45, 7) is 7.48. The van der Waals surface area contributed by atoms with E-state index in [1.165, 1.54) is 12.8 Å². The molecule has 111 valence electrons. The van der Waals surface area contributed by atoms with E-state index in [2.05, 4.69) is 25.3 Å². The number of sulfone groups is 1. The van der Waals surface area contributed by atoms with Gasteiger partial charge in [0.05, 0.1) is 10.6 Å². The summed E-state index contributed by atoms with van der Waals surface area (Å²) < 4.78 is 24.8. The van der Waals surface area contributed by atoms with Gasteiger partial charge in [-0.15, -0.1) is 0 Å². The molecule has 0 spiro atoms. The molecule has 4 heteroatoms. The Balaban J connectivity index is 2.02. The van der Waals surface area contributed by atoms with Gasteiger partial charge in [-0.3, -0.25) is 4.90 Å². The van der Waals surface area contributed by atoms with Crippen LogP contribution in [-0.4, -0.2) is 31.7 Å². The van der Waals surface area contributed by atoms with Gasteiger partial charge < -0.3 is 0 Å². The van der Waals surface area contributed by atoms with Gasteiger partial charge in [0.25, 0.3) is 0 Å². The van der Waals surface area contributed by atoms with Crippen LogP contribution in [0.25, 0.3) is 0 Å². The molecule has 1 saturated heterocycles. The summed E-state index contributed by atoms with van der Waals surface area (Å²) >= 11 is 0. The number of nitrogens with zero attached hydrogens (tertiary/aromatic N) is 1. The highest BCUT2D eigenvalue weighted by atomic mass is 32.2. The second-order valence-corrected chi connectivity index (χ2v) is 7.68. The highest BCUT2D eigenvalue weighted by Crippen LogP contribution is 2.24. The minimum absolute atomic E-state index is 0.0979. The first-order chi connectivity index (χ1) is 9.53. The molecule has 0 aliphatic carbocycles. The van der Waals surface area contributed by atoms with Crippen molar-refractivity contribution in [2.75, 3.05) is 12.3 Å². The molecule has 0 amide bonds. The largest absolute Gasteiger partial charge is 0.296 e. The summed E-state index contributed by atoms with van der Waals surface area (Å²) in [5.74, 6) is 0.303. The van der Waals surface area contributed by atoms with Gasteiger partial charge in [0.15, 0.2) is 9.84 Å². The van der Waals surface area contributed by atoms with Crippen LogP contribution in [-0.2, 0) is 9.84 Å². The molecule has 2 rings (SSSR count). The summed E-state index contributed by atoms with van der Waals surface area (Å²) in [6, 6.07) is 9.30. The SMILES string of the molecule is CC[C@@H]([CH]N1CCC[C@H]1C)CS(=O)(=O)c1ccccc1. The molecule has 1 aromatic carbocycles. The Morgan fingerprint density at radius 1 is 1.35 bits per heavy atom. The molecule has 0 saturated carbocycles. The second-order valence-electron chi connectivity index (χ2n) is 5.64. The number of hydrogen-bond acceptors (Lipinski definition) is 3. The molecule has 1 aliphatic rings. The maximum absolute atomic E-state index is 12.4. The second kappa shape index (κ2) is 6.72. The molecule has 0 bridgehead atoms. The van der Waals surface area contributed by atoms with Crippen molar-refractivity contribution in [2.24, 2.45) is 5.92 Å². The average molecular weight is 294 g/mol. The molecule has 20 heavy (non-hydrogen) atoms. The van der Waals surface area contributed by atoms with Crippen LogP contribution in [0.15, 0.2) is 35.2 Å². The lowest BCUT2D eigenvalue weighted by atomic mass is 10.1. The van der Waals surface area contributed by atoms with E-state index in [4.69, 9.17) is 0 Å². The highest BCUT2D eigenvalue weighted by molar-refractivity contribution is 7.91. The third kappa shape index (κ3) is 3.83. The monoisotopic (exact) mass is 294 g/mol. The molecule has 2 atom stereocenters. The van der Waals surface area contributed by atoms with Crippen LogP contribution in [0.4, 0.5) is 0 Å². The highest BCUT2D eigenvalue weighted by Gasteiger charge is 2.26. The van der Waals surface area contributed by atoms with E-state index in [0.29, 0.717) is 10.9 Å². The van der Waals surface area contributed by atoms with E-state index in [1.54, 1.807) is 24.3 Å². The lowest BCUT2D eigenvalue weighted by molar-refractivity contribution is 0.290. The van der Waals surface area contributed by atoms with E-state index >= 15 is 0 Å². The molecule has 3 nitrogen and oxygen atoms in total. The molecule has 1 radical (unpaired) electrons. The average Bonchev–Trinajstić information content (AvgIpc) is 2.84. The van der Waals surface area contributed by atoms with Crippen molar-refractivity contribution >= 4 is 9.84 Å². The van der Waals surface area contributed by atoms with Crippen molar-refractivity contribution in [2.45, 2.75) is 44.0 Å². The van der Waals surface area contributed by atoms with E-state index < -0.39 is 9.84 Å². The Bertz CT molecular complexity index is 513. The molecule has 1 heterocycles. The number of rotatable bonds is 6. The van der Waals surface area contributed by atoms with Crippen LogP contribution in [0.2, 0.25) is 0 Å². The first kappa shape index (κ1) is 15.5. The van der Waals surface area contributed by atoms with E-state index in [9.17, 15) is 8.42 Å². The lowest BCUT2D eigenvalue weighted by Gasteiger charge is -2.25. The quantitative estimate of drug-likeness (QED) is 0.809. The summed E-state index contributed by atoms with van der Waals surface area (Å²) in [6.07, 6.45) is 3.27. The fourth-order valence-electron chi connectivity index (χ4n) is 2.72. The molecule has 0 unspecified atom stereocenters. The molecular formula is C16H24NO2S. The number of benzene rings is 1. The first-order valence-corrected chi connectivity index (χ1v) is 9.06. The molecular weight excluding hydrogens is 270 g/mol. The maximum atomic E-state index is 12.4. The van der Waals surface area contributed by atoms with Gasteiger partial charge in [-0.05, 0) is 44.4 Å². The fraction of sp³-hybridized carbons (Fsp3) is 0.562. The minimum Gasteiger partial charge on any atom is -0.296 e. The Morgan fingerprint density at radius 3 is 2.60 bits per heavy atom. The Hall–Kier alpha value is -0.870. The van der Waals surface area contributed by atoms with Gasteiger partial charge in [-0.25, -0.2) is 8.42 Å². The van der Waals surface area contributed by atoms with Crippen LogP contribution in [0.5, 0.6) is 0 Å². The van der Waals surface area contributed by atoms with Crippen molar-refractivity contribution in [3.63, 3.8) is 0 Å². The standard InChI is InChI=1S/C16H24NO2S/c1-3-15(12-17-11-7-8-14(17)2)13-20(18,19)16-9-5-4-6-10-16/h4-6,9-10,12,14-15H,3,7-8,11,13H2,1-2H3/t14-,15+/m1/s1. The minimum atomic E-state index is -3.19. The van der Waals surface area contributed by atoms with E-state index in [-0.39, 0.29) is 11.7 Å². The molecule has 1 fully saturated rings. The van der Waals surface area contributed by atoms with Gasteiger partial charge in [0, 0.05) is 12.6 Å². The zero-order valence-electron chi connectivity index (χ0n) is 12.3. The Labute approximate surface area is 122 Å². The summed E-state index contributed by atoms with van der Waals surface area (Å²) in [5.41, 5.74) is 0. The van der Waals surface area contributed by atoms with Crippen molar-refractivity contribution < 1.29 is 8.42 Å². The van der Waals surface area contributed by atoms with Crippen LogP contribution < -0.4 is 0 Å². The molecule has 1 aromatic rings. The van der Waals surface area contributed by atoms with Gasteiger partial charge in [0.1, 0.15) is 0 Å². The normalized spacial score (nSPS) is 22.0. The number of hydrogen-bond donors (Lipinski definition) is 0. The van der Waals surface area contributed by atoms with Crippen molar-refractivity contribution in [3.05, 3.63) is 36.9 Å². The van der Waals surface area contributed by atoms with Crippen molar-refractivity contribution in [3.8, 4) is 0 Å². The smallest absolute Gasteiger partial charge is 0.178 e. The zero-order valence-corrected chi connectivity index (χ0v) is 13.1. The van der Waals surface area contributed by atoms with Gasteiger partial charge in [-0.2, -0.15) is 0 Å². The first-order valence-electron chi connectivity index (χ1n) is 7.41. The van der Waals surface area contributed by atoms with E-state index in [1.807, 2.05) is 6.07 Å². The van der Waals surface area contributed by atoms with Gasteiger partial charge in [0.2, 0.25) is 0 Å². The van der Waals surface area contributed by atoms with Gasteiger partial charge in [-0.1, -0.05) is 31.5 Å². The summed E-state index contributed by atoms with van der Waals surface area (Å²) in [7, 11) is -3.19. The summed E-state index contributed by atoms with van der Waals surface area (Å²) in [5, 5.41) is 0. The van der Waals surface area contributed by atoms with Gasteiger partial charge >= 0.3 is 0 Å². The fourth-order valence-corrected chi connectivity index (χ4v) is 4.37. The predicted molar refractivity (Wildman–Crippen MR) is 82.0 cm³/mol. The summed E-state index contributed by atoms with van der Waals surface area (Å²) in [4.78, 5) is 2.75. The van der Waals surface area contributed by atoms with Crippen LogP contribution >= 0.6 is 0 Å². The third-order valence-electron chi connectivity index (χ3n) is 4.07. The predicted octanol–water partition coefficient (Wildman–Crippen LogP) is 3.13. The van der Waals surface area contributed by atoms with Crippen molar-refractivity contribution in [1.82, 2.24) is 4.90 Å². The van der Waals surface area contributed by atoms with Crippen molar-refractivity contribution in [1.29, 1.82) is 0 Å². The Kier molecular flexibility index (Phi) is 5.22. The number of likely N-dealkylation sites (tertiary alicyclic amines) is 1. The molecule has 0 N–H and O–H groups in total. The van der Waals surface area contributed by atoms with Crippen LogP contribution in [0, 0.1) is 12.5 Å². The van der Waals surface area contributed by atoms with Crippen LogP contribution in [0.1, 0.15) is 33.1 Å². The van der Waals surface area contributed by atoms with Crippen LogP contribution in [0.3, 0.4) is 0 Å². The Morgan fingerprint density at radius 2 is 2.05 bits per heavy atom. The zero-order chi connectivity index (χ0) is 14.6. The lowest BCUT2D eigenvalue weighted by Crippen LogP contribution is -2.30. The third-order valence-corrected chi connectivity index (χ3v) is 5.92. The maximum Gasteiger partial charge on any atom is 0.178 e. The molecule has 1 aliphatic heterocycles. The topological polar surface area (TPSA) is 37.4 Å². The molecule has 0 aromatic heterocycles.